The Balaban J connectivity index is 2.18. The third kappa shape index (κ3) is 2.06. The molecule has 90 valence electrons. The highest BCUT2D eigenvalue weighted by Crippen LogP contribution is 2.40. The first-order chi connectivity index (χ1) is 8.65. The van der Waals surface area contributed by atoms with Gasteiger partial charge >= 0.3 is 0 Å². The molecule has 0 spiro atoms. The van der Waals surface area contributed by atoms with Crippen LogP contribution >= 0.6 is 43.2 Å². The van der Waals surface area contributed by atoms with Crippen molar-refractivity contribution < 1.29 is 4.79 Å². The third-order valence-electron chi connectivity index (χ3n) is 2.68. The second kappa shape index (κ2) is 4.64. The van der Waals surface area contributed by atoms with Gasteiger partial charge in [0.15, 0.2) is 0 Å². The van der Waals surface area contributed by atoms with E-state index < -0.39 is 0 Å². The van der Waals surface area contributed by atoms with Gasteiger partial charge in [-0.2, -0.15) is 11.3 Å². The van der Waals surface area contributed by atoms with Gasteiger partial charge in [-0.15, -0.1) is 0 Å². The van der Waals surface area contributed by atoms with E-state index in [4.69, 9.17) is 0 Å². The van der Waals surface area contributed by atoms with Crippen LogP contribution in [0.5, 0.6) is 0 Å². The Kier molecular flexibility index (Phi) is 3.13. The minimum absolute atomic E-state index is 0.0602. The topological polar surface area (TPSA) is 29.1 Å². The number of benzene rings is 1. The van der Waals surface area contributed by atoms with Crippen molar-refractivity contribution >= 4 is 66.4 Å². The molecule has 0 bridgehead atoms. The zero-order valence-electron chi connectivity index (χ0n) is 9.04. The number of anilines is 1. The van der Waals surface area contributed by atoms with Gasteiger partial charge in [0.25, 0.3) is 5.91 Å². The summed E-state index contributed by atoms with van der Waals surface area (Å²) in [7, 11) is 0. The van der Waals surface area contributed by atoms with E-state index in [1.165, 1.54) is 0 Å². The lowest BCUT2D eigenvalue weighted by Gasteiger charge is -2.02. The molecule has 1 aliphatic rings. The molecule has 0 fully saturated rings. The lowest BCUT2D eigenvalue weighted by atomic mass is 10.1. The Hall–Kier alpha value is -0.910. The molecule has 0 radical (unpaired) electrons. The number of rotatable bonds is 1. The Bertz CT molecular complexity index is 662. The number of thiophene rings is 1. The van der Waals surface area contributed by atoms with E-state index in [1.54, 1.807) is 11.3 Å². The van der Waals surface area contributed by atoms with Gasteiger partial charge in [0.1, 0.15) is 0 Å². The Morgan fingerprint density at radius 2 is 2.11 bits per heavy atom. The summed E-state index contributed by atoms with van der Waals surface area (Å²) in [5, 5.41) is 6.90. The number of halogens is 2. The van der Waals surface area contributed by atoms with Crippen LogP contribution in [0.15, 0.2) is 37.9 Å². The van der Waals surface area contributed by atoms with Crippen LogP contribution in [-0.4, -0.2) is 5.91 Å². The maximum atomic E-state index is 12.0. The minimum atomic E-state index is -0.0602. The number of fused-ring (bicyclic) bond motifs is 1. The highest BCUT2D eigenvalue weighted by atomic mass is 79.9. The van der Waals surface area contributed by atoms with Crippen LogP contribution in [0.1, 0.15) is 11.1 Å². The van der Waals surface area contributed by atoms with Gasteiger partial charge in [-0.05, 0) is 56.5 Å². The number of carbonyl (C=O) groups excluding carboxylic acids is 1. The van der Waals surface area contributed by atoms with Gasteiger partial charge in [-0.3, -0.25) is 4.79 Å². The number of amides is 1. The van der Waals surface area contributed by atoms with Crippen LogP contribution in [0, 0.1) is 0 Å². The predicted octanol–water partition coefficient (Wildman–Crippen LogP) is 4.77. The molecule has 1 N–H and O–H groups in total. The molecule has 1 aromatic carbocycles. The van der Waals surface area contributed by atoms with Crippen molar-refractivity contribution in [3.63, 3.8) is 0 Å². The van der Waals surface area contributed by atoms with Crippen LogP contribution < -0.4 is 5.32 Å². The first-order valence-corrected chi connectivity index (χ1v) is 7.73. The summed E-state index contributed by atoms with van der Waals surface area (Å²) in [5.74, 6) is -0.0602. The number of carbonyl (C=O) groups is 1. The van der Waals surface area contributed by atoms with Crippen LogP contribution in [0.2, 0.25) is 0 Å². The van der Waals surface area contributed by atoms with Gasteiger partial charge in [0.2, 0.25) is 0 Å². The minimum Gasteiger partial charge on any atom is -0.320 e. The van der Waals surface area contributed by atoms with Crippen molar-refractivity contribution in [2.24, 2.45) is 0 Å². The van der Waals surface area contributed by atoms with E-state index in [9.17, 15) is 4.79 Å². The van der Waals surface area contributed by atoms with E-state index >= 15 is 0 Å². The van der Waals surface area contributed by atoms with Crippen LogP contribution in [0.25, 0.3) is 11.6 Å². The lowest BCUT2D eigenvalue weighted by molar-refractivity contribution is -0.110. The van der Waals surface area contributed by atoms with E-state index in [0.717, 1.165) is 25.8 Å². The summed E-state index contributed by atoms with van der Waals surface area (Å²) in [4.78, 5) is 12.0. The highest BCUT2D eigenvalue weighted by molar-refractivity contribution is 9.11. The first-order valence-electron chi connectivity index (χ1n) is 5.20. The molecular formula is C13H7Br2NOS. The maximum Gasteiger partial charge on any atom is 0.256 e. The van der Waals surface area contributed by atoms with Crippen molar-refractivity contribution in [3.05, 3.63) is 49.0 Å². The van der Waals surface area contributed by atoms with Crippen molar-refractivity contribution in [2.75, 3.05) is 5.32 Å². The van der Waals surface area contributed by atoms with Gasteiger partial charge in [-0.1, -0.05) is 15.9 Å². The number of hydrogen-bond donors (Lipinski definition) is 1. The smallest absolute Gasteiger partial charge is 0.256 e. The molecule has 3 rings (SSSR count). The summed E-state index contributed by atoms with van der Waals surface area (Å²) >= 11 is 8.52. The molecule has 2 nitrogen and oxygen atoms in total. The average molecular weight is 385 g/mol. The zero-order chi connectivity index (χ0) is 12.7. The maximum absolute atomic E-state index is 12.0. The van der Waals surface area contributed by atoms with E-state index in [-0.39, 0.29) is 5.91 Å². The summed E-state index contributed by atoms with van der Waals surface area (Å²) < 4.78 is 1.83. The van der Waals surface area contributed by atoms with Crippen LogP contribution in [-0.2, 0) is 4.79 Å². The van der Waals surface area contributed by atoms with E-state index in [2.05, 4.69) is 37.2 Å². The van der Waals surface area contributed by atoms with Crippen molar-refractivity contribution in [2.45, 2.75) is 0 Å². The molecule has 0 saturated carbocycles. The molecule has 2 aromatic rings. The molecule has 2 heterocycles. The van der Waals surface area contributed by atoms with E-state index in [0.29, 0.717) is 5.57 Å². The standard InChI is InChI=1S/C13H7Br2NOS/c14-8-4-9-10(3-7-1-2-18-6-7)13(17)16-12(9)11(15)5-8/h1-6H,(H,16,17). The zero-order valence-corrected chi connectivity index (χ0v) is 13.0. The molecule has 1 aromatic heterocycles. The third-order valence-corrected chi connectivity index (χ3v) is 4.47. The van der Waals surface area contributed by atoms with Crippen LogP contribution in [0.4, 0.5) is 5.69 Å². The lowest BCUT2D eigenvalue weighted by Crippen LogP contribution is -2.03. The predicted molar refractivity (Wildman–Crippen MR) is 82.7 cm³/mol. The van der Waals surface area contributed by atoms with Gasteiger partial charge in [0, 0.05) is 20.1 Å². The highest BCUT2D eigenvalue weighted by Gasteiger charge is 2.26. The molecule has 0 saturated heterocycles. The van der Waals surface area contributed by atoms with Crippen molar-refractivity contribution in [1.82, 2.24) is 0 Å². The Morgan fingerprint density at radius 3 is 2.83 bits per heavy atom. The van der Waals surface area contributed by atoms with Crippen molar-refractivity contribution in [1.29, 1.82) is 0 Å². The fraction of sp³-hybridized carbons (Fsp3) is 0. The molecular weight excluding hydrogens is 378 g/mol. The van der Waals surface area contributed by atoms with Crippen molar-refractivity contribution in [3.8, 4) is 0 Å². The van der Waals surface area contributed by atoms with Crippen LogP contribution in [0.3, 0.4) is 0 Å². The molecule has 0 aliphatic carbocycles. The summed E-state index contributed by atoms with van der Waals surface area (Å²) in [6, 6.07) is 5.87. The average Bonchev–Trinajstić information content (AvgIpc) is 2.91. The molecule has 0 atom stereocenters. The van der Waals surface area contributed by atoms with Gasteiger partial charge in [-0.25, -0.2) is 0 Å². The summed E-state index contributed by atoms with van der Waals surface area (Å²) in [5.41, 5.74) is 3.51. The largest absolute Gasteiger partial charge is 0.320 e. The molecule has 5 heteroatoms. The molecule has 1 amide bonds. The second-order valence-corrected chi connectivity index (χ2v) is 6.43. The van der Waals surface area contributed by atoms with E-state index in [1.807, 2.05) is 35.0 Å². The number of nitrogens with one attached hydrogen (secondary N) is 1. The fourth-order valence-corrected chi connectivity index (χ4v) is 3.83. The monoisotopic (exact) mass is 383 g/mol. The Morgan fingerprint density at radius 1 is 1.28 bits per heavy atom. The molecule has 0 unspecified atom stereocenters. The molecule has 18 heavy (non-hydrogen) atoms. The molecule has 1 aliphatic heterocycles. The second-order valence-electron chi connectivity index (χ2n) is 3.88. The first kappa shape index (κ1) is 12.1. The summed E-state index contributed by atoms with van der Waals surface area (Å²) in [6.07, 6.45) is 1.91. The Labute approximate surface area is 125 Å². The number of hydrogen-bond acceptors (Lipinski definition) is 2. The SMILES string of the molecule is O=C1Nc2c(Br)cc(Br)cc2C1=Cc1ccsc1. The fourth-order valence-electron chi connectivity index (χ4n) is 1.88. The normalized spacial score (nSPS) is 15.9. The van der Waals surface area contributed by atoms with Gasteiger partial charge in [0.05, 0.1) is 5.69 Å². The van der Waals surface area contributed by atoms with Gasteiger partial charge < -0.3 is 5.32 Å². The quantitative estimate of drug-likeness (QED) is 0.705. The summed E-state index contributed by atoms with van der Waals surface area (Å²) in [6.45, 7) is 0.